The summed E-state index contributed by atoms with van der Waals surface area (Å²) < 4.78 is 18.6. The molecule has 1 atom stereocenters. The van der Waals surface area contributed by atoms with Crippen molar-refractivity contribution in [3.63, 3.8) is 0 Å². The molecule has 0 amide bonds. The van der Waals surface area contributed by atoms with Gasteiger partial charge in [0, 0.05) is 19.6 Å². The Morgan fingerprint density at radius 3 is 2.65 bits per heavy atom. The summed E-state index contributed by atoms with van der Waals surface area (Å²) in [5.41, 5.74) is 0. The number of rotatable bonds is 5. The molecule has 1 saturated heterocycles. The molecule has 0 aliphatic carbocycles. The number of nitrogens with zero attached hydrogens (tertiary/aromatic N) is 2. The van der Waals surface area contributed by atoms with Crippen LogP contribution in [-0.4, -0.2) is 54.4 Å². The van der Waals surface area contributed by atoms with Crippen molar-refractivity contribution in [1.29, 1.82) is 0 Å². The lowest BCUT2D eigenvalue weighted by molar-refractivity contribution is 0.107. The number of guanidine groups is 1. The summed E-state index contributed by atoms with van der Waals surface area (Å²) >= 11 is 0. The molecule has 0 radical (unpaired) electrons. The molecule has 6 heteroatoms. The van der Waals surface area contributed by atoms with E-state index in [4.69, 9.17) is 4.74 Å². The van der Waals surface area contributed by atoms with Gasteiger partial charge in [0.15, 0.2) is 5.96 Å². The van der Waals surface area contributed by atoms with Crippen molar-refractivity contribution in [1.82, 2.24) is 10.2 Å². The molecule has 0 spiro atoms. The lowest BCUT2D eigenvalue weighted by Crippen LogP contribution is -2.47. The van der Waals surface area contributed by atoms with Gasteiger partial charge in [-0.2, -0.15) is 0 Å². The zero-order valence-electron chi connectivity index (χ0n) is 13.8. The van der Waals surface area contributed by atoms with Crippen LogP contribution < -0.4 is 10.1 Å². The number of aliphatic hydroxyl groups excluding tert-OH is 1. The topological polar surface area (TPSA) is 57.1 Å². The van der Waals surface area contributed by atoms with Crippen molar-refractivity contribution in [2.75, 3.05) is 26.2 Å². The summed E-state index contributed by atoms with van der Waals surface area (Å²) in [6.07, 6.45) is 1.23. The maximum atomic E-state index is 12.9. The highest BCUT2D eigenvalue weighted by molar-refractivity contribution is 5.80. The van der Waals surface area contributed by atoms with Gasteiger partial charge < -0.3 is 20.1 Å². The summed E-state index contributed by atoms with van der Waals surface area (Å²) in [6.45, 7) is 6.90. The number of hydrogen-bond acceptors (Lipinski definition) is 3. The summed E-state index contributed by atoms with van der Waals surface area (Å²) in [4.78, 5) is 6.79. The third kappa shape index (κ3) is 5.71. The quantitative estimate of drug-likeness (QED) is 0.643. The molecule has 1 aromatic carbocycles. The Hall–Kier alpha value is -1.82. The Morgan fingerprint density at radius 1 is 1.39 bits per heavy atom. The van der Waals surface area contributed by atoms with Gasteiger partial charge in [-0.3, -0.25) is 0 Å². The van der Waals surface area contributed by atoms with Crippen molar-refractivity contribution >= 4 is 5.96 Å². The number of piperidine rings is 1. The Bertz CT molecular complexity index is 499. The standard InChI is InChI=1S/C17H26FN3O2/c1-3-19-17(21-10-8-15(22)9-11-21)20-12-13(2)23-16-6-4-14(18)5-7-16/h4-7,13,15,22H,3,8-12H2,1-2H3,(H,19,20). The molecule has 2 N–H and O–H groups in total. The predicted octanol–water partition coefficient (Wildman–Crippen LogP) is 2.02. The van der Waals surface area contributed by atoms with Crippen molar-refractivity contribution in [2.24, 2.45) is 4.99 Å². The highest BCUT2D eigenvalue weighted by Crippen LogP contribution is 2.14. The second-order valence-electron chi connectivity index (χ2n) is 5.80. The number of halogens is 1. The smallest absolute Gasteiger partial charge is 0.194 e. The van der Waals surface area contributed by atoms with Crippen molar-refractivity contribution in [3.05, 3.63) is 30.1 Å². The highest BCUT2D eigenvalue weighted by Gasteiger charge is 2.19. The molecule has 0 aromatic heterocycles. The van der Waals surface area contributed by atoms with Gasteiger partial charge in [0.2, 0.25) is 0 Å². The number of nitrogens with one attached hydrogen (secondary N) is 1. The lowest BCUT2D eigenvalue weighted by atomic mass is 10.1. The number of aliphatic imine (C=N–C) groups is 1. The first-order valence-electron chi connectivity index (χ1n) is 8.22. The van der Waals surface area contributed by atoms with Crippen molar-refractivity contribution in [3.8, 4) is 5.75 Å². The second-order valence-corrected chi connectivity index (χ2v) is 5.80. The van der Waals surface area contributed by atoms with E-state index >= 15 is 0 Å². The molecule has 1 aliphatic rings. The number of ether oxygens (including phenoxy) is 1. The molecule has 1 unspecified atom stereocenters. The van der Waals surface area contributed by atoms with Crippen LogP contribution in [0, 0.1) is 5.82 Å². The third-order valence-electron chi connectivity index (χ3n) is 3.75. The molecule has 2 rings (SSSR count). The van der Waals surface area contributed by atoms with E-state index in [1.54, 1.807) is 12.1 Å². The molecule has 1 aromatic rings. The molecule has 1 aliphatic heterocycles. The average molecular weight is 323 g/mol. The van der Waals surface area contributed by atoms with E-state index in [-0.39, 0.29) is 18.0 Å². The van der Waals surface area contributed by atoms with Crippen LogP contribution in [0.5, 0.6) is 5.75 Å². The van der Waals surface area contributed by atoms with Crippen molar-refractivity contribution < 1.29 is 14.2 Å². The number of hydrogen-bond donors (Lipinski definition) is 2. The maximum absolute atomic E-state index is 12.9. The van der Waals surface area contributed by atoms with Gasteiger partial charge in [0.1, 0.15) is 17.7 Å². The van der Waals surface area contributed by atoms with Gasteiger partial charge in [0.25, 0.3) is 0 Å². The Labute approximate surface area is 137 Å². The minimum atomic E-state index is -0.273. The summed E-state index contributed by atoms with van der Waals surface area (Å²) in [7, 11) is 0. The SMILES string of the molecule is CCNC(=NCC(C)Oc1ccc(F)cc1)N1CCC(O)CC1. The molecular formula is C17H26FN3O2. The molecule has 1 heterocycles. The van der Waals surface area contributed by atoms with E-state index in [9.17, 15) is 9.50 Å². The van der Waals surface area contributed by atoms with Gasteiger partial charge in [0.05, 0.1) is 12.6 Å². The van der Waals surface area contributed by atoms with Gasteiger partial charge >= 0.3 is 0 Å². The fourth-order valence-corrected chi connectivity index (χ4v) is 2.50. The van der Waals surface area contributed by atoms with Gasteiger partial charge in [-0.05, 0) is 51.0 Å². The second kappa shape index (κ2) is 8.72. The molecular weight excluding hydrogens is 297 g/mol. The predicted molar refractivity (Wildman–Crippen MR) is 89.3 cm³/mol. The highest BCUT2D eigenvalue weighted by atomic mass is 19.1. The molecule has 128 valence electrons. The Balaban J connectivity index is 1.89. The molecule has 5 nitrogen and oxygen atoms in total. The third-order valence-corrected chi connectivity index (χ3v) is 3.75. The van der Waals surface area contributed by atoms with Crippen LogP contribution in [0.25, 0.3) is 0 Å². The molecule has 0 bridgehead atoms. The minimum Gasteiger partial charge on any atom is -0.489 e. The first kappa shape index (κ1) is 17.5. The van der Waals surface area contributed by atoms with E-state index in [1.165, 1.54) is 12.1 Å². The Kier molecular flexibility index (Phi) is 6.65. The zero-order valence-corrected chi connectivity index (χ0v) is 13.8. The van der Waals surface area contributed by atoms with Crippen LogP contribution in [0.1, 0.15) is 26.7 Å². The van der Waals surface area contributed by atoms with E-state index in [1.807, 2.05) is 13.8 Å². The first-order valence-corrected chi connectivity index (χ1v) is 8.22. The summed E-state index contributed by atoms with van der Waals surface area (Å²) in [5, 5.41) is 12.9. The van der Waals surface area contributed by atoms with Crippen LogP contribution in [0.4, 0.5) is 4.39 Å². The van der Waals surface area contributed by atoms with Crippen LogP contribution >= 0.6 is 0 Å². The normalized spacial score (nSPS) is 17.9. The van der Waals surface area contributed by atoms with Crippen LogP contribution in [0.15, 0.2) is 29.3 Å². The summed E-state index contributed by atoms with van der Waals surface area (Å²) in [6, 6.07) is 6.00. The number of likely N-dealkylation sites (tertiary alicyclic amines) is 1. The van der Waals surface area contributed by atoms with Gasteiger partial charge in [-0.25, -0.2) is 9.38 Å². The maximum Gasteiger partial charge on any atom is 0.194 e. The molecule has 1 fully saturated rings. The van der Waals surface area contributed by atoms with E-state index < -0.39 is 0 Å². The molecule has 0 saturated carbocycles. The monoisotopic (exact) mass is 323 g/mol. The first-order chi connectivity index (χ1) is 11.1. The minimum absolute atomic E-state index is 0.107. The fourth-order valence-electron chi connectivity index (χ4n) is 2.50. The van der Waals surface area contributed by atoms with Crippen LogP contribution in [-0.2, 0) is 0 Å². The summed E-state index contributed by atoms with van der Waals surface area (Å²) in [5.74, 6) is 1.22. The van der Waals surface area contributed by atoms with E-state index in [2.05, 4.69) is 15.2 Å². The van der Waals surface area contributed by atoms with Crippen LogP contribution in [0.2, 0.25) is 0 Å². The fraction of sp³-hybridized carbons (Fsp3) is 0.588. The number of benzene rings is 1. The van der Waals surface area contributed by atoms with Gasteiger partial charge in [-0.15, -0.1) is 0 Å². The zero-order chi connectivity index (χ0) is 16.7. The van der Waals surface area contributed by atoms with Gasteiger partial charge in [-0.1, -0.05) is 0 Å². The Morgan fingerprint density at radius 2 is 2.04 bits per heavy atom. The lowest BCUT2D eigenvalue weighted by Gasteiger charge is -2.32. The van der Waals surface area contributed by atoms with E-state index in [0.29, 0.717) is 12.3 Å². The number of aliphatic hydroxyl groups is 1. The largest absolute Gasteiger partial charge is 0.489 e. The van der Waals surface area contributed by atoms with Crippen LogP contribution in [0.3, 0.4) is 0 Å². The van der Waals surface area contributed by atoms with E-state index in [0.717, 1.165) is 38.4 Å². The van der Waals surface area contributed by atoms with Crippen molar-refractivity contribution in [2.45, 2.75) is 38.9 Å². The average Bonchev–Trinajstić information content (AvgIpc) is 2.54. The molecule has 23 heavy (non-hydrogen) atoms.